The highest BCUT2D eigenvalue weighted by Crippen LogP contribution is 2.50. The van der Waals surface area contributed by atoms with E-state index in [0.29, 0.717) is 5.92 Å². The first-order valence-electron chi connectivity index (χ1n) is 12.6. The largest absolute Gasteiger partial charge is 0.207 e. The maximum atomic E-state index is 14.0. The van der Waals surface area contributed by atoms with E-state index in [0.717, 1.165) is 48.0 Å². The van der Waals surface area contributed by atoms with E-state index in [1.807, 2.05) is 0 Å². The van der Waals surface area contributed by atoms with Crippen molar-refractivity contribution in [2.45, 2.75) is 96.8 Å². The van der Waals surface area contributed by atoms with Crippen molar-refractivity contribution in [2.75, 3.05) is 0 Å². The van der Waals surface area contributed by atoms with Crippen molar-refractivity contribution in [1.82, 2.24) is 0 Å². The Balaban J connectivity index is 1.27. The minimum atomic E-state index is -0.383. The van der Waals surface area contributed by atoms with E-state index in [9.17, 15) is 8.78 Å². The van der Waals surface area contributed by atoms with Crippen LogP contribution >= 0.6 is 0 Å². The van der Waals surface area contributed by atoms with Gasteiger partial charge in [-0.3, -0.25) is 0 Å². The molecule has 4 rings (SSSR count). The normalized spacial score (nSPS) is 34.8. The van der Waals surface area contributed by atoms with Gasteiger partial charge in [-0.2, -0.15) is 0 Å². The molecule has 0 nitrogen and oxygen atoms in total. The van der Waals surface area contributed by atoms with Crippen LogP contribution in [0.15, 0.2) is 24.3 Å². The number of hydrogen-bond acceptors (Lipinski definition) is 0. The van der Waals surface area contributed by atoms with E-state index in [1.165, 1.54) is 71.1 Å². The Morgan fingerprint density at radius 1 is 0.800 bits per heavy atom. The van der Waals surface area contributed by atoms with Gasteiger partial charge in [0, 0.05) is 5.56 Å². The third-order valence-corrected chi connectivity index (χ3v) is 8.95. The number of fused-ring (bicyclic) bond motifs is 1. The molecule has 166 valence electrons. The van der Waals surface area contributed by atoms with E-state index in [-0.39, 0.29) is 17.2 Å². The fourth-order valence-electron chi connectivity index (χ4n) is 7.04. The highest BCUT2D eigenvalue weighted by atomic mass is 19.1. The summed E-state index contributed by atoms with van der Waals surface area (Å²) < 4.78 is 28.0. The van der Waals surface area contributed by atoms with Gasteiger partial charge in [-0.25, -0.2) is 8.78 Å². The molecule has 3 aliphatic carbocycles. The first-order chi connectivity index (χ1) is 14.5. The summed E-state index contributed by atoms with van der Waals surface area (Å²) in [5, 5.41) is 0. The SMILES string of the molecule is C/C=C/CCC1CCC2CC(C3CCC(c4cc(F)c(C)c(F)c4)CC3)CCC2C1. The molecular weight excluding hydrogens is 374 g/mol. The van der Waals surface area contributed by atoms with Crippen molar-refractivity contribution in [2.24, 2.45) is 29.6 Å². The topological polar surface area (TPSA) is 0 Å². The number of hydrogen-bond donors (Lipinski definition) is 0. The fourth-order valence-corrected chi connectivity index (χ4v) is 7.04. The highest BCUT2D eigenvalue weighted by Gasteiger charge is 2.38. The third-order valence-electron chi connectivity index (χ3n) is 8.95. The maximum absolute atomic E-state index is 14.0. The third kappa shape index (κ3) is 5.00. The minimum absolute atomic E-state index is 0.153. The summed E-state index contributed by atoms with van der Waals surface area (Å²) in [7, 11) is 0. The Hall–Kier alpha value is -1.18. The van der Waals surface area contributed by atoms with Crippen LogP contribution in [-0.4, -0.2) is 0 Å². The van der Waals surface area contributed by atoms with E-state index in [2.05, 4.69) is 19.1 Å². The van der Waals surface area contributed by atoms with Gasteiger partial charge in [0.05, 0.1) is 0 Å². The molecule has 3 saturated carbocycles. The molecule has 3 aliphatic rings. The number of allylic oxidation sites excluding steroid dienone is 2. The Labute approximate surface area is 182 Å². The maximum Gasteiger partial charge on any atom is 0.129 e. The molecule has 0 saturated heterocycles. The van der Waals surface area contributed by atoms with Gasteiger partial charge in [0.15, 0.2) is 0 Å². The monoisotopic (exact) mass is 414 g/mol. The van der Waals surface area contributed by atoms with E-state index < -0.39 is 0 Å². The molecule has 0 amide bonds. The molecule has 0 aromatic heterocycles. The van der Waals surface area contributed by atoms with Crippen molar-refractivity contribution >= 4 is 0 Å². The molecule has 1 aromatic carbocycles. The summed E-state index contributed by atoms with van der Waals surface area (Å²) in [6, 6.07) is 3.17. The van der Waals surface area contributed by atoms with Crippen LogP contribution in [0.4, 0.5) is 8.78 Å². The van der Waals surface area contributed by atoms with Gasteiger partial charge in [0.1, 0.15) is 11.6 Å². The lowest BCUT2D eigenvalue weighted by atomic mass is 9.60. The predicted octanol–water partition coefficient (Wildman–Crippen LogP) is 8.74. The van der Waals surface area contributed by atoms with Crippen molar-refractivity contribution in [3.8, 4) is 0 Å². The zero-order valence-electron chi connectivity index (χ0n) is 19.0. The Bertz CT molecular complexity index is 705. The lowest BCUT2D eigenvalue weighted by Gasteiger charge is -2.45. The van der Waals surface area contributed by atoms with Crippen LogP contribution in [0.1, 0.15) is 101 Å². The lowest BCUT2D eigenvalue weighted by molar-refractivity contribution is 0.0621. The summed E-state index contributed by atoms with van der Waals surface area (Å²) in [5.74, 6) is 4.24. The van der Waals surface area contributed by atoms with Crippen molar-refractivity contribution in [3.63, 3.8) is 0 Å². The smallest absolute Gasteiger partial charge is 0.129 e. The van der Waals surface area contributed by atoms with Crippen LogP contribution in [0.3, 0.4) is 0 Å². The van der Waals surface area contributed by atoms with Gasteiger partial charge in [-0.15, -0.1) is 0 Å². The first-order valence-corrected chi connectivity index (χ1v) is 12.6. The highest BCUT2D eigenvalue weighted by molar-refractivity contribution is 5.28. The van der Waals surface area contributed by atoms with Gasteiger partial charge in [-0.1, -0.05) is 18.6 Å². The van der Waals surface area contributed by atoms with Crippen LogP contribution in [0.5, 0.6) is 0 Å². The van der Waals surface area contributed by atoms with Crippen LogP contribution < -0.4 is 0 Å². The molecule has 1 aromatic rings. The van der Waals surface area contributed by atoms with E-state index >= 15 is 0 Å². The molecule has 0 bridgehead atoms. The second-order valence-corrected chi connectivity index (χ2v) is 10.6. The summed E-state index contributed by atoms with van der Waals surface area (Å²) in [4.78, 5) is 0. The molecule has 0 N–H and O–H groups in total. The molecule has 3 fully saturated rings. The van der Waals surface area contributed by atoms with Gasteiger partial charge >= 0.3 is 0 Å². The molecule has 4 atom stereocenters. The summed E-state index contributed by atoms with van der Waals surface area (Å²) >= 11 is 0. The van der Waals surface area contributed by atoms with E-state index in [1.54, 1.807) is 12.1 Å². The van der Waals surface area contributed by atoms with Crippen LogP contribution in [0.2, 0.25) is 0 Å². The molecular formula is C28H40F2. The standard InChI is InChI=1S/C28H40F2/c1-3-4-5-6-20-7-8-25-16-24(14-13-23(25)15-20)21-9-11-22(12-10-21)26-17-27(29)19(2)28(30)18-26/h3-4,17-18,20-25H,5-16H2,1-2H3/b4-3+. The quantitative estimate of drug-likeness (QED) is 0.422. The Kier molecular flexibility index (Phi) is 7.32. The fraction of sp³-hybridized carbons (Fsp3) is 0.714. The second kappa shape index (κ2) is 9.96. The molecule has 0 spiro atoms. The lowest BCUT2D eigenvalue weighted by Crippen LogP contribution is -2.34. The molecule has 30 heavy (non-hydrogen) atoms. The predicted molar refractivity (Wildman–Crippen MR) is 122 cm³/mol. The molecule has 2 heteroatoms. The summed E-state index contributed by atoms with van der Waals surface area (Å²) in [6.45, 7) is 3.65. The zero-order valence-corrected chi connectivity index (χ0v) is 19.0. The zero-order chi connectivity index (χ0) is 21.1. The molecule has 0 heterocycles. The van der Waals surface area contributed by atoms with Gasteiger partial charge < -0.3 is 0 Å². The van der Waals surface area contributed by atoms with Gasteiger partial charge in [0.2, 0.25) is 0 Å². The Morgan fingerprint density at radius 3 is 2.03 bits per heavy atom. The second-order valence-electron chi connectivity index (χ2n) is 10.6. The summed E-state index contributed by atoms with van der Waals surface area (Å²) in [6.07, 6.45) is 20.6. The number of halogens is 2. The summed E-state index contributed by atoms with van der Waals surface area (Å²) in [5.41, 5.74) is 1.04. The van der Waals surface area contributed by atoms with Crippen LogP contribution in [0.25, 0.3) is 0 Å². The molecule has 4 unspecified atom stereocenters. The molecule has 0 aliphatic heterocycles. The average molecular weight is 415 g/mol. The molecule has 0 radical (unpaired) electrons. The number of benzene rings is 1. The minimum Gasteiger partial charge on any atom is -0.207 e. The average Bonchev–Trinajstić information content (AvgIpc) is 2.77. The van der Waals surface area contributed by atoms with Gasteiger partial charge in [-0.05, 0) is 138 Å². The van der Waals surface area contributed by atoms with Crippen LogP contribution in [0, 0.1) is 48.1 Å². The van der Waals surface area contributed by atoms with Gasteiger partial charge in [0.25, 0.3) is 0 Å². The van der Waals surface area contributed by atoms with E-state index in [4.69, 9.17) is 0 Å². The van der Waals surface area contributed by atoms with Crippen molar-refractivity contribution in [1.29, 1.82) is 0 Å². The van der Waals surface area contributed by atoms with Crippen molar-refractivity contribution in [3.05, 3.63) is 47.0 Å². The van der Waals surface area contributed by atoms with Crippen molar-refractivity contribution < 1.29 is 8.78 Å². The first kappa shape index (κ1) is 22.0. The van der Waals surface area contributed by atoms with Crippen LogP contribution in [-0.2, 0) is 0 Å². The number of rotatable bonds is 5. The Morgan fingerprint density at radius 2 is 1.37 bits per heavy atom.